The molecule has 1 aliphatic rings. The summed E-state index contributed by atoms with van der Waals surface area (Å²) in [5.74, 6) is -1.45. The fourth-order valence-corrected chi connectivity index (χ4v) is 1.91. The predicted molar refractivity (Wildman–Crippen MR) is 65.3 cm³/mol. The number of aromatic carboxylic acids is 1. The summed E-state index contributed by atoms with van der Waals surface area (Å²) in [6.07, 6.45) is 0. The van der Waals surface area contributed by atoms with Gasteiger partial charge in [0, 0.05) is 19.2 Å². The van der Waals surface area contributed by atoms with Crippen LogP contribution < -0.4 is 10.2 Å². The standard InChI is InChI=1S/C11H11N3O5/c15-10-6-13(4-3-12-10)8-2-1-7(11(16)17)5-9(8)14(18)19/h1-2,5H,3-4,6H2,(H,12,15)(H,16,17). The van der Waals surface area contributed by atoms with Crippen LogP contribution in [0.5, 0.6) is 0 Å². The quantitative estimate of drug-likeness (QED) is 0.597. The normalized spacial score (nSPS) is 14.9. The van der Waals surface area contributed by atoms with E-state index in [0.29, 0.717) is 13.1 Å². The topological polar surface area (TPSA) is 113 Å². The Hall–Kier alpha value is -2.64. The third kappa shape index (κ3) is 2.62. The molecule has 1 fully saturated rings. The Morgan fingerprint density at radius 3 is 2.79 bits per heavy atom. The molecule has 1 aromatic rings. The van der Waals surface area contributed by atoms with Gasteiger partial charge in [-0.25, -0.2) is 4.79 Å². The summed E-state index contributed by atoms with van der Waals surface area (Å²) in [4.78, 5) is 34.0. The minimum absolute atomic E-state index is 0.0211. The fraction of sp³-hybridized carbons (Fsp3) is 0.273. The van der Waals surface area contributed by atoms with Crippen molar-refractivity contribution < 1.29 is 19.6 Å². The van der Waals surface area contributed by atoms with Crippen LogP contribution in [0, 0.1) is 10.1 Å². The number of nitro groups is 1. The number of piperazine rings is 1. The zero-order valence-corrected chi connectivity index (χ0v) is 9.83. The van der Waals surface area contributed by atoms with E-state index in [-0.39, 0.29) is 29.4 Å². The molecule has 0 unspecified atom stereocenters. The molecule has 2 N–H and O–H groups in total. The van der Waals surface area contributed by atoms with Crippen LogP contribution in [0.25, 0.3) is 0 Å². The number of hydrogen-bond acceptors (Lipinski definition) is 5. The Balaban J connectivity index is 2.41. The van der Waals surface area contributed by atoms with E-state index in [9.17, 15) is 19.7 Å². The van der Waals surface area contributed by atoms with Gasteiger partial charge in [0.1, 0.15) is 5.69 Å². The van der Waals surface area contributed by atoms with Gasteiger partial charge in [-0.05, 0) is 12.1 Å². The van der Waals surface area contributed by atoms with Crippen molar-refractivity contribution in [3.05, 3.63) is 33.9 Å². The Kier molecular flexibility index (Phi) is 3.32. The molecular formula is C11H11N3O5. The SMILES string of the molecule is O=C1CN(c2ccc(C(=O)O)cc2[N+](=O)[O-])CCN1. The molecule has 0 saturated carbocycles. The van der Waals surface area contributed by atoms with E-state index in [1.165, 1.54) is 12.1 Å². The number of benzene rings is 1. The monoisotopic (exact) mass is 265 g/mol. The van der Waals surface area contributed by atoms with E-state index >= 15 is 0 Å². The molecule has 0 atom stereocenters. The van der Waals surface area contributed by atoms with Gasteiger partial charge in [-0.1, -0.05) is 0 Å². The van der Waals surface area contributed by atoms with Gasteiger partial charge in [-0.15, -0.1) is 0 Å². The summed E-state index contributed by atoms with van der Waals surface area (Å²) in [5, 5.41) is 22.5. The molecule has 0 bridgehead atoms. The van der Waals surface area contributed by atoms with Crippen LogP contribution in [0.3, 0.4) is 0 Å². The van der Waals surface area contributed by atoms with Crippen LogP contribution in [0.2, 0.25) is 0 Å². The molecule has 1 amide bonds. The van der Waals surface area contributed by atoms with Crippen molar-refractivity contribution in [3.63, 3.8) is 0 Å². The Bertz CT molecular complexity index is 557. The Morgan fingerprint density at radius 2 is 2.21 bits per heavy atom. The van der Waals surface area contributed by atoms with Crippen molar-refractivity contribution in [2.24, 2.45) is 0 Å². The first-order chi connectivity index (χ1) is 8.99. The van der Waals surface area contributed by atoms with E-state index < -0.39 is 10.9 Å². The third-order valence-corrected chi connectivity index (χ3v) is 2.80. The van der Waals surface area contributed by atoms with Crippen molar-refractivity contribution in [2.75, 3.05) is 24.5 Å². The number of rotatable bonds is 3. The van der Waals surface area contributed by atoms with Crippen molar-refractivity contribution in [1.29, 1.82) is 0 Å². The molecule has 0 spiro atoms. The highest BCUT2D eigenvalue weighted by atomic mass is 16.6. The molecule has 1 aliphatic heterocycles. The molecule has 0 aliphatic carbocycles. The van der Waals surface area contributed by atoms with Crippen LogP contribution >= 0.6 is 0 Å². The average molecular weight is 265 g/mol. The highest BCUT2D eigenvalue weighted by molar-refractivity contribution is 5.90. The highest BCUT2D eigenvalue weighted by Crippen LogP contribution is 2.29. The van der Waals surface area contributed by atoms with Crippen LogP contribution in [-0.2, 0) is 4.79 Å². The van der Waals surface area contributed by atoms with E-state index in [1.807, 2.05) is 0 Å². The van der Waals surface area contributed by atoms with Crippen LogP contribution in [0.1, 0.15) is 10.4 Å². The molecule has 19 heavy (non-hydrogen) atoms. The summed E-state index contributed by atoms with van der Waals surface area (Å²) in [7, 11) is 0. The van der Waals surface area contributed by atoms with Gasteiger partial charge in [0.25, 0.3) is 5.69 Å². The minimum atomic E-state index is -1.23. The van der Waals surface area contributed by atoms with Crippen LogP contribution in [0.15, 0.2) is 18.2 Å². The molecule has 1 saturated heterocycles. The van der Waals surface area contributed by atoms with Gasteiger partial charge < -0.3 is 15.3 Å². The maximum absolute atomic E-state index is 11.3. The number of carboxylic acid groups (broad SMARTS) is 1. The zero-order valence-electron chi connectivity index (χ0n) is 9.83. The fourth-order valence-electron chi connectivity index (χ4n) is 1.91. The summed E-state index contributed by atoms with van der Waals surface area (Å²) in [6, 6.07) is 3.65. The maximum atomic E-state index is 11.3. The number of anilines is 1. The average Bonchev–Trinajstić information content (AvgIpc) is 2.37. The van der Waals surface area contributed by atoms with Gasteiger partial charge in [0.15, 0.2) is 0 Å². The van der Waals surface area contributed by atoms with Crippen molar-refractivity contribution in [2.45, 2.75) is 0 Å². The molecule has 8 nitrogen and oxygen atoms in total. The molecule has 0 aromatic heterocycles. The second-order valence-electron chi connectivity index (χ2n) is 4.04. The molecular weight excluding hydrogens is 254 g/mol. The largest absolute Gasteiger partial charge is 0.478 e. The van der Waals surface area contributed by atoms with Gasteiger partial charge in [-0.2, -0.15) is 0 Å². The summed E-state index contributed by atoms with van der Waals surface area (Å²) in [5.41, 5.74) is -0.212. The lowest BCUT2D eigenvalue weighted by Crippen LogP contribution is -2.47. The molecule has 1 heterocycles. The number of nitrogens with zero attached hydrogens (tertiary/aromatic N) is 2. The van der Waals surface area contributed by atoms with Crippen LogP contribution in [0.4, 0.5) is 11.4 Å². The van der Waals surface area contributed by atoms with E-state index in [2.05, 4.69) is 5.32 Å². The number of carbonyl (C=O) groups is 2. The first-order valence-corrected chi connectivity index (χ1v) is 5.52. The summed E-state index contributed by atoms with van der Waals surface area (Å²) >= 11 is 0. The van der Waals surface area contributed by atoms with Gasteiger partial charge >= 0.3 is 5.97 Å². The smallest absolute Gasteiger partial charge is 0.335 e. The number of amides is 1. The lowest BCUT2D eigenvalue weighted by molar-refractivity contribution is -0.384. The number of nitro benzene ring substituents is 1. The van der Waals surface area contributed by atoms with Gasteiger partial charge in [0.05, 0.1) is 17.0 Å². The number of hydrogen-bond donors (Lipinski definition) is 2. The molecule has 1 aromatic carbocycles. The van der Waals surface area contributed by atoms with E-state index in [0.717, 1.165) is 6.07 Å². The first-order valence-electron chi connectivity index (χ1n) is 5.52. The van der Waals surface area contributed by atoms with Crippen molar-refractivity contribution >= 4 is 23.3 Å². The molecule has 100 valence electrons. The maximum Gasteiger partial charge on any atom is 0.335 e. The second-order valence-corrected chi connectivity index (χ2v) is 4.04. The van der Waals surface area contributed by atoms with Crippen LogP contribution in [-0.4, -0.2) is 41.5 Å². The van der Waals surface area contributed by atoms with Gasteiger partial charge in [0.2, 0.25) is 5.91 Å². The predicted octanol–water partition coefficient (Wildman–Crippen LogP) is 0.229. The number of carboxylic acids is 1. The number of nitrogens with one attached hydrogen (secondary N) is 1. The number of carbonyl (C=O) groups excluding carboxylic acids is 1. The molecule has 8 heteroatoms. The first kappa shape index (κ1) is 12.8. The van der Waals surface area contributed by atoms with E-state index in [4.69, 9.17) is 5.11 Å². The van der Waals surface area contributed by atoms with Gasteiger partial charge in [-0.3, -0.25) is 14.9 Å². The lowest BCUT2D eigenvalue weighted by atomic mass is 10.1. The minimum Gasteiger partial charge on any atom is -0.478 e. The van der Waals surface area contributed by atoms with Crippen molar-refractivity contribution in [1.82, 2.24) is 5.32 Å². The second kappa shape index (κ2) is 4.92. The Morgan fingerprint density at radius 1 is 1.47 bits per heavy atom. The lowest BCUT2D eigenvalue weighted by Gasteiger charge is -2.28. The van der Waals surface area contributed by atoms with Crippen molar-refractivity contribution in [3.8, 4) is 0 Å². The van der Waals surface area contributed by atoms with E-state index in [1.54, 1.807) is 4.90 Å². The summed E-state index contributed by atoms with van der Waals surface area (Å²) < 4.78 is 0. The molecule has 2 rings (SSSR count). The Labute approximate surface area is 107 Å². The molecule has 0 radical (unpaired) electrons. The highest BCUT2D eigenvalue weighted by Gasteiger charge is 2.25. The summed E-state index contributed by atoms with van der Waals surface area (Å²) in [6.45, 7) is 0.864. The zero-order chi connectivity index (χ0) is 14.0. The third-order valence-electron chi connectivity index (χ3n) is 2.80.